The summed E-state index contributed by atoms with van der Waals surface area (Å²) >= 11 is 0. The third-order valence-corrected chi connectivity index (χ3v) is 1.62. The number of amides is 1. The van der Waals surface area contributed by atoms with Gasteiger partial charge in [-0.25, -0.2) is 0 Å². The van der Waals surface area contributed by atoms with Crippen LogP contribution >= 0.6 is 0 Å². The van der Waals surface area contributed by atoms with Crippen molar-refractivity contribution in [2.75, 3.05) is 6.54 Å². The van der Waals surface area contributed by atoms with Crippen LogP contribution in [0, 0.1) is 0 Å². The van der Waals surface area contributed by atoms with Crippen LogP contribution in [0.5, 0.6) is 0 Å². The molecule has 3 nitrogen and oxygen atoms in total. The van der Waals surface area contributed by atoms with E-state index in [-0.39, 0.29) is 11.9 Å². The number of carbonyl (C=O) groups excluding carboxylic acids is 1. The Hall–Kier alpha value is -0.860. The summed E-state index contributed by atoms with van der Waals surface area (Å²) in [5.41, 5.74) is 0. The lowest BCUT2D eigenvalue weighted by atomic mass is 10.3. The molecule has 0 aromatic heterocycles. The first kappa shape index (κ1) is 7.25. The molecular weight excluding hydrogens is 128 g/mol. The maximum Gasteiger partial charge on any atom is 0.224 e. The van der Waals surface area contributed by atoms with Crippen LogP contribution in [0.3, 0.4) is 0 Å². The molecule has 1 aliphatic rings. The summed E-state index contributed by atoms with van der Waals surface area (Å²) in [4.78, 5) is 16.8. The van der Waals surface area contributed by atoms with Gasteiger partial charge in [-0.05, 0) is 13.8 Å². The van der Waals surface area contributed by atoms with Crippen molar-refractivity contribution >= 4 is 11.7 Å². The highest BCUT2D eigenvalue weighted by Crippen LogP contribution is 2.07. The van der Waals surface area contributed by atoms with Gasteiger partial charge >= 0.3 is 0 Å². The third-order valence-electron chi connectivity index (χ3n) is 1.62. The standard InChI is InChI=1S/C7H12N2O/c1-5-4-9(7(3)10)6(2)8-5/h5H,4H2,1-3H3. The Morgan fingerprint density at radius 2 is 2.40 bits per heavy atom. The fraction of sp³-hybridized carbons (Fsp3) is 0.714. The molecule has 0 aromatic carbocycles. The van der Waals surface area contributed by atoms with Crippen molar-refractivity contribution in [3.63, 3.8) is 0 Å². The Morgan fingerprint density at radius 3 is 2.60 bits per heavy atom. The zero-order valence-corrected chi connectivity index (χ0v) is 6.59. The highest BCUT2D eigenvalue weighted by atomic mass is 16.2. The summed E-state index contributed by atoms with van der Waals surface area (Å²) in [5, 5.41) is 0. The number of hydrogen-bond donors (Lipinski definition) is 0. The monoisotopic (exact) mass is 140 g/mol. The molecule has 1 rings (SSSR count). The first-order chi connectivity index (χ1) is 4.61. The molecule has 0 radical (unpaired) electrons. The SMILES string of the molecule is CC(=O)N1CC(C)N=C1C. The molecule has 0 fully saturated rings. The molecule has 3 heteroatoms. The van der Waals surface area contributed by atoms with E-state index in [0.29, 0.717) is 0 Å². The lowest BCUT2D eigenvalue weighted by molar-refractivity contribution is -0.124. The lowest BCUT2D eigenvalue weighted by Crippen LogP contribution is -2.31. The topological polar surface area (TPSA) is 32.7 Å². The summed E-state index contributed by atoms with van der Waals surface area (Å²) in [6.07, 6.45) is 0. The van der Waals surface area contributed by atoms with E-state index in [4.69, 9.17) is 0 Å². The molecule has 1 aliphatic heterocycles. The van der Waals surface area contributed by atoms with E-state index in [2.05, 4.69) is 4.99 Å². The normalized spacial score (nSPS) is 24.9. The van der Waals surface area contributed by atoms with Crippen molar-refractivity contribution in [3.05, 3.63) is 0 Å². The quantitative estimate of drug-likeness (QED) is 0.486. The van der Waals surface area contributed by atoms with Crippen molar-refractivity contribution < 1.29 is 4.79 Å². The largest absolute Gasteiger partial charge is 0.299 e. The zero-order chi connectivity index (χ0) is 7.72. The average Bonchev–Trinajstić information content (AvgIpc) is 2.10. The number of hydrogen-bond acceptors (Lipinski definition) is 2. The summed E-state index contributed by atoms with van der Waals surface area (Å²) in [7, 11) is 0. The molecule has 0 aliphatic carbocycles. The van der Waals surface area contributed by atoms with Crippen LogP contribution < -0.4 is 0 Å². The number of carbonyl (C=O) groups is 1. The summed E-state index contributed by atoms with van der Waals surface area (Å²) in [6, 6.07) is 0.281. The molecule has 0 N–H and O–H groups in total. The number of amidine groups is 1. The molecule has 0 saturated carbocycles. The Kier molecular flexibility index (Phi) is 1.74. The molecule has 0 aromatic rings. The predicted molar refractivity (Wildman–Crippen MR) is 40.0 cm³/mol. The maximum atomic E-state index is 10.8. The summed E-state index contributed by atoms with van der Waals surface area (Å²) < 4.78 is 0. The van der Waals surface area contributed by atoms with E-state index in [1.807, 2.05) is 13.8 Å². The minimum Gasteiger partial charge on any atom is -0.299 e. The molecule has 56 valence electrons. The molecule has 1 amide bonds. The molecule has 1 heterocycles. The van der Waals surface area contributed by atoms with Gasteiger partial charge in [0.25, 0.3) is 0 Å². The molecular formula is C7H12N2O. The Labute approximate surface area is 60.7 Å². The van der Waals surface area contributed by atoms with Crippen LogP contribution in [-0.2, 0) is 4.79 Å². The fourth-order valence-electron chi connectivity index (χ4n) is 1.18. The summed E-state index contributed by atoms with van der Waals surface area (Å²) in [5.74, 6) is 0.936. The molecule has 1 atom stereocenters. The zero-order valence-electron chi connectivity index (χ0n) is 6.59. The highest BCUT2D eigenvalue weighted by Gasteiger charge is 2.21. The van der Waals surface area contributed by atoms with Crippen molar-refractivity contribution in [3.8, 4) is 0 Å². The van der Waals surface area contributed by atoms with E-state index >= 15 is 0 Å². The second kappa shape index (κ2) is 2.40. The minimum absolute atomic E-state index is 0.0885. The molecule has 0 spiro atoms. The highest BCUT2D eigenvalue weighted by molar-refractivity contribution is 5.97. The van der Waals surface area contributed by atoms with Gasteiger partial charge in [-0.15, -0.1) is 0 Å². The second-order valence-electron chi connectivity index (χ2n) is 2.65. The molecule has 0 bridgehead atoms. The van der Waals surface area contributed by atoms with Gasteiger partial charge in [-0.1, -0.05) is 0 Å². The van der Waals surface area contributed by atoms with Crippen molar-refractivity contribution in [2.24, 2.45) is 4.99 Å². The van der Waals surface area contributed by atoms with Crippen molar-refractivity contribution in [1.29, 1.82) is 0 Å². The van der Waals surface area contributed by atoms with Crippen LogP contribution in [0.15, 0.2) is 4.99 Å². The third kappa shape index (κ3) is 1.17. The maximum absolute atomic E-state index is 10.8. The van der Waals surface area contributed by atoms with Crippen molar-refractivity contribution in [2.45, 2.75) is 26.8 Å². The predicted octanol–water partition coefficient (Wildman–Crippen LogP) is 0.655. The molecule has 1 unspecified atom stereocenters. The van der Waals surface area contributed by atoms with Gasteiger partial charge in [0.15, 0.2) is 0 Å². The summed E-state index contributed by atoms with van der Waals surface area (Å²) in [6.45, 7) is 6.19. The van der Waals surface area contributed by atoms with Gasteiger partial charge in [0.1, 0.15) is 5.84 Å². The van der Waals surface area contributed by atoms with Gasteiger partial charge in [-0.3, -0.25) is 14.7 Å². The first-order valence-corrected chi connectivity index (χ1v) is 3.43. The van der Waals surface area contributed by atoms with Crippen molar-refractivity contribution in [1.82, 2.24) is 4.90 Å². The van der Waals surface area contributed by atoms with E-state index in [0.717, 1.165) is 12.4 Å². The Balaban J connectivity index is 2.68. The molecule has 10 heavy (non-hydrogen) atoms. The number of nitrogens with zero attached hydrogens (tertiary/aromatic N) is 2. The number of aliphatic imine (C=N–C) groups is 1. The van der Waals surface area contributed by atoms with E-state index < -0.39 is 0 Å². The minimum atomic E-state index is 0.0885. The van der Waals surface area contributed by atoms with E-state index in [1.165, 1.54) is 0 Å². The first-order valence-electron chi connectivity index (χ1n) is 3.43. The van der Waals surface area contributed by atoms with Gasteiger partial charge in [0.2, 0.25) is 5.91 Å². The van der Waals surface area contributed by atoms with Crippen LogP contribution in [0.4, 0.5) is 0 Å². The number of rotatable bonds is 0. The van der Waals surface area contributed by atoms with Crippen LogP contribution in [0.1, 0.15) is 20.8 Å². The lowest BCUT2D eigenvalue weighted by Gasteiger charge is -2.12. The van der Waals surface area contributed by atoms with Gasteiger partial charge in [0, 0.05) is 13.5 Å². The van der Waals surface area contributed by atoms with Crippen LogP contribution in [-0.4, -0.2) is 29.2 Å². The van der Waals surface area contributed by atoms with Gasteiger partial charge < -0.3 is 0 Å². The Bertz CT molecular complexity index is 186. The van der Waals surface area contributed by atoms with Gasteiger partial charge in [-0.2, -0.15) is 0 Å². The molecule has 0 saturated heterocycles. The average molecular weight is 140 g/mol. The second-order valence-corrected chi connectivity index (χ2v) is 2.65. The van der Waals surface area contributed by atoms with Crippen LogP contribution in [0.25, 0.3) is 0 Å². The van der Waals surface area contributed by atoms with E-state index in [1.54, 1.807) is 11.8 Å². The smallest absolute Gasteiger partial charge is 0.224 e. The Morgan fingerprint density at radius 1 is 1.80 bits per heavy atom. The van der Waals surface area contributed by atoms with E-state index in [9.17, 15) is 4.79 Å². The fourth-order valence-corrected chi connectivity index (χ4v) is 1.18. The van der Waals surface area contributed by atoms with Crippen LogP contribution in [0.2, 0.25) is 0 Å². The van der Waals surface area contributed by atoms with Gasteiger partial charge in [0.05, 0.1) is 6.04 Å².